The van der Waals surface area contributed by atoms with Gasteiger partial charge in [0.1, 0.15) is 5.82 Å². The molecule has 1 N–H and O–H groups in total. The molecule has 0 aliphatic carbocycles. The van der Waals surface area contributed by atoms with Gasteiger partial charge in [0.15, 0.2) is 0 Å². The van der Waals surface area contributed by atoms with Gasteiger partial charge in [-0.2, -0.15) is 0 Å². The number of rotatable bonds is 4. The predicted octanol–water partition coefficient (Wildman–Crippen LogP) is 4.05. The van der Waals surface area contributed by atoms with Crippen molar-refractivity contribution in [1.82, 2.24) is 5.32 Å². The summed E-state index contributed by atoms with van der Waals surface area (Å²) in [7, 11) is 1.86. The Balaban J connectivity index is 2.51. The van der Waals surface area contributed by atoms with Gasteiger partial charge in [-0.05, 0) is 57.4 Å². The van der Waals surface area contributed by atoms with Gasteiger partial charge >= 0.3 is 0 Å². The SMILES string of the molecule is CCCN1c2cc(F)c(CNC)cc2[C@@H](C)CC1(C)C. The molecule has 2 rings (SSSR count). The fraction of sp³-hybridized carbons (Fsp3) is 0.647. The van der Waals surface area contributed by atoms with Crippen LogP contribution in [0, 0.1) is 5.82 Å². The van der Waals surface area contributed by atoms with E-state index in [1.165, 1.54) is 5.56 Å². The van der Waals surface area contributed by atoms with Gasteiger partial charge in [0.25, 0.3) is 0 Å². The van der Waals surface area contributed by atoms with E-state index in [-0.39, 0.29) is 11.4 Å². The van der Waals surface area contributed by atoms with Crippen LogP contribution in [-0.4, -0.2) is 19.1 Å². The monoisotopic (exact) mass is 278 g/mol. The Labute approximate surface area is 122 Å². The van der Waals surface area contributed by atoms with Gasteiger partial charge in [0.05, 0.1) is 0 Å². The Morgan fingerprint density at radius 3 is 2.70 bits per heavy atom. The van der Waals surface area contributed by atoms with Crippen molar-refractivity contribution in [3.8, 4) is 0 Å². The number of hydrogen-bond acceptors (Lipinski definition) is 2. The summed E-state index contributed by atoms with van der Waals surface area (Å²) in [5, 5.41) is 3.05. The van der Waals surface area contributed by atoms with Crippen LogP contribution in [0.2, 0.25) is 0 Å². The highest BCUT2D eigenvalue weighted by atomic mass is 19.1. The second-order valence-corrected chi connectivity index (χ2v) is 6.60. The van der Waals surface area contributed by atoms with Crippen molar-refractivity contribution in [3.05, 3.63) is 29.1 Å². The third-order valence-electron chi connectivity index (χ3n) is 4.37. The molecule has 1 aromatic rings. The molecule has 0 spiro atoms. The van der Waals surface area contributed by atoms with E-state index in [4.69, 9.17) is 0 Å². The molecule has 0 unspecified atom stereocenters. The molecular weight excluding hydrogens is 251 g/mol. The summed E-state index contributed by atoms with van der Waals surface area (Å²) in [5.41, 5.74) is 3.26. The van der Waals surface area contributed by atoms with E-state index in [0.717, 1.165) is 30.6 Å². The van der Waals surface area contributed by atoms with Gasteiger partial charge in [0, 0.05) is 29.9 Å². The molecule has 0 fully saturated rings. The summed E-state index contributed by atoms with van der Waals surface area (Å²) in [6.07, 6.45) is 2.20. The molecular formula is C17H27FN2. The smallest absolute Gasteiger partial charge is 0.129 e. The molecule has 1 atom stereocenters. The van der Waals surface area contributed by atoms with Crippen molar-refractivity contribution in [2.45, 2.75) is 58.5 Å². The zero-order valence-corrected chi connectivity index (χ0v) is 13.4. The molecule has 112 valence electrons. The molecule has 0 bridgehead atoms. The number of hydrogen-bond donors (Lipinski definition) is 1. The number of benzene rings is 1. The van der Waals surface area contributed by atoms with E-state index >= 15 is 0 Å². The molecule has 2 nitrogen and oxygen atoms in total. The Hall–Kier alpha value is -1.09. The highest BCUT2D eigenvalue weighted by Crippen LogP contribution is 2.44. The minimum absolute atomic E-state index is 0.0934. The van der Waals surface area contributed by atoms with Gasteiger partial charge < -0.3 is 10.2 Å². The maximum Gasteiger partial charge on any atom is 0.129 e. The molecule has 3 heteroatoms. The summed E-state index contributed by atoms with van der Waals surface area (Å²) < 4.78 is 14.3. The normalized spacial score (nSPS) is 20.9. The fourth-order valence-electron chi connectivity index (χ4n) is 3.52. The number of halogens is 1. The van der Waals surface area contributed by atoms with E-state index in [2.05, 4.69) is 44.0 Å². The molecule has 0 saturated heterocycles. The first-order chi connectivity index (χ1) is 9.40. The van der Waals surface area contributed by atoms with Crippen LogP contribution in [0.1, 0.15) is 57.6 Å². The second-order valence-electron chi connectivity index (χ2n) is 6.60. The Bertz CT molecular complexity index is 482. The van der Waals surface area contributed by atoms with Crippen molar-refractivity contribution in [1.29, 1.82) is 0 Å². The van der Waals surface area contributed by atoms with E-state index in [1.807, 2.05) is 7.05 Å². The lowest BCUT2D eigenvalue weighted by Crippen LogP contribution is -2.48. The molecule has 0 radical (unpaired) electrons. The van der Waals surface area contributed by atoms with Crippen LogP contribution < -0.4 is 10.2 Å². The van der Waals surface area contributed by atoms with Crippen LogP contribution in [0.5, 0.6) is 0 Å². The van der Waals surface area contributed by atoms with Crippen LogP contribution in [-0.2, 0) is 6.54 Å². The van der Waals surface area contributed by atoms with Crippen LogP contribution in [0.3, 0.4) is 0 Å². The van der Waals surface area contributed by atoms with Gasteiger partial charge in [-0.3, -0.25) is 0 Å². The Morgan fingerprint density at radius 1 is 1.40 bits per heavy atom. The highest BCUT2D eigenvalue weighted by molar-refractivity contribution is 5.61. The lowest BCUT2D eigenvalue weighted by molar-refractivity contribution is 0.375. The van der Waals surface area contributed by atoms with Crippen molar-refractivity contribution in [2.24, 2.45) is 0 Å². The Kier molecular flexibility index (Phi) is 4.38. The minimum atomic E-state index is -0.0934. The fourth-order valence-corrected chi connectivity index (χ4v) is 3.52. The lowest BCUT2D eigenvalue weighted by atomic mass is 9.79. The molecule has 1 aromatic carbocycles. The van der Waals surface area contributed by atoms with Crippen molar-refractivity contribution in [3.63, 3.8) is 0 Å². The topological polar surface area (TPSA) is 15.3 Å². The molecule has 1 aliphatic heterocycles. The first-order valence-corrected chi connectivity index (χ1v) is 7.65. The third-order valence-corrected chi connectivity index (χ3v) is 4.37. The van der Waals surface area contributed by atoms with E-state index in [1.54, 1.807) is 6.07 Å². The average Bonchev–Trinajstić information content (AvgIpc) is 2.36. The van der Waals surface area contributed by atoms with Crippen LogP contribution in [0.4, 0.5) is 10.1 Å². The molecule has 0 saturated carbocycles. The Morgan fingerprint density at radius 2 is 2.10 bits per heavy atom. The zero-order chi connectivity index (χ0) is 14.9. The summed E-state index contributed by atoms with van der Waals surface area (Å²) in [5.74, 6) is 0.383. The minimum Gasteiger partial charge on any atom is -0.366 e. The lowest BCUT2D eigenvalue weighted by Gasteiger charge is -2.47. The molecule has 20 heavy (non-hydrogen) atoms. The van der Waals surface area contributed by atoms with Gasteiger partial charge in [-0.1, -0.05) is 13.8 Å². The molecule has 1 aliphatic rings. The third kappa shape index (κ3) is 2.69. The van der Waals surface area contributed by atoms with E-state index < -0.39 is 0 Å². The average molecular weight is 278 g/mol. The van der Waals surface area contributed by atoms with Gasteiger partial charge in [0.2, 0.25) is 0 Å². The van der Waals surface area contributed by atoms with Crippen molar-refractivity contribution in [2.75, 3.05) is 18.5 Å². The van der Waals surface area contributed by atoms with Crippen molar-refractivity contribution < 1.29 is 4.39 Å². The number of nitrogens with one attached hydrogen (secondary N) is 1. The highest BCUT2D eigenvalue weighted by Gasteiger charge is 2.36. The number of anilines is 1. The van der Waals surface area contributed by atoms with Crippen LogP contribution in [0.15, 0.2) is 12.1 Å². The quantitative estimate of drug-likeness (QED) is 0.894. The van der Waals surface area contributed by atoms with Gasteiger partial charge in [-0.25, -0.2) is 4.39 Å². The summed E-state index contributed by atoms with van der Waals surface area (Å²) >= 11 is 0. The second kappa shape index (κ2) is 5.72. The first kappa shape index (κ1) is 15.3. The first-order valence-electron chi connectivity index (χ1n) is 7.65. The molecule has 0 amide bonds. The predicted molar refractivity (Wildman–Crippen MR) is 83.9 cm³/mol. The largest absolute Gasteiger partial charge is 0.366 e. The zero-order valence-electron chi connectivity index (χ0n) is 13.4. The summed E-state index contributed by atoms with van der Waals surface area (Å²) in [6.45, 7) is 10.5. The summed E-state index contributed by atoms with van der Waals surface area (Å²) in [6, 6.07) is 3.80. The maximum absolute atomic E-state index is 14.3. The van der Waals surface area contributed by atoms with E-state index in [0.29, 0.717) is 12.5 Å². The van der Waals surface area contributed by atoms with Crippen molar-refractivity contribution >= 4 is 5.69 Å². The summed E-state index contributed by atoms with van der Waals surface area (Å²) in [4.78, 5) is 2.38. The van der Waals surface area contributed by atoms with Crippen LogP contribution >= 0.6 is 0 Å². The van der Waals surface area contributed by atoms with E-state index in [9.17, 15) is 4.39 Å². The standard InChI is InChI=1S/C17H27FN2/c1-6-7-20-16-9-15(18)13(11-19-5)8-14(16)12(2)10-17(20,3)4/h8-9,12,19H,6-7,10-11H2,1-5H3/t12-/m0/s1. The number of fused-ring (bicyclic) bond motifs is 1. The molecule has 0 aromatic heterocycles. The number of nitrogens with zero attached hydrogens (tertiary/aromatic N) is 1. The maximum atomic E-state index is 14.3. The van der Waals surface area contributed by atoms with Crippen LogP contribution in [0.25, 0.3) is 0 Å². The molecule has 1 heterocycles. The van der Waals surface area contributed by atoms with Gasteiger partial charge in [-0.15, -0.1) is 0 Å².